The number of halogens is 1. The Kier molecular flexibility index (Phi) is 1.54. The van der Waals surface area contributed by atoms with Crippen LogP contribution in [0.1, 0.15) is 11.4 Å². The molecule has 12 heavy (non-hydrogen) atoms. The van der Waals surface area contributed by atoms with Crippen molar-refractivity contribution in [2.45, 2.75) is 13.8 Å². The Morgan fingerprint density at radius 3 is 2.92 bits per heavy atom. The number of hydrogen-bond acceptors (Lipinski definition) is 2. The lowest BCUT2D eigenvalue weighted by atomic mass is 10.3. The molecule has 2 aromatic heterocycles. The fourth-order valence-corrected chi connectivity index (χ4v) is 1.45. The minimum absolute atomic E-state index is 0.501. The summed E-state index contributed by atoms with van der Waals surface area (Å²) in [5.41, 5.74) is 2.10. The lowest BCUT2D eigenvalue weighted by Gasteiger charge is -1.98. The zero-order valence-electron chi connectivity index (χ0n) is 6.87. The standard InChI is InChI=1S/C8H8ClN3/c1-5-3-8(9)11-12-6(2)10-4-7(5)12/h3-4H,1-2H3. The van der Waals surface area contributed by atoms with Gasteiger partial charge in [0.15, 0.2) is 0 Å². The third kappa shape index (κ3) is 0.975. The average molecular weight is 182 g/mol. The summed E-state index contributed by atoms with van der Waals surface area (Å²) in [7, 11) is 0. The second kappa shape index (κ2) is 2.45. The molecule has 0 saturated heterocycles. The molecule has 3 nitrogen and oxygen atoms in total. The predicted molar refractivity (Wildman–Crippen MR) is 47.5 cm³/mol. The van der Waals surface area contributed by atoms with E-state index < -0.39 is 0 Å². The number of aromatic nitrogens is 3. The molecule has 0 amide bonds. The molecular weight excluding hydrogens is 174 g/mol. The number of aryl methyl sites for hydroxylation is 2. The van der Waals surface area contributed by atoms with Gasteiger partial charge in [0.2, 0.25) is 0 Å². The van der Waals surface area contributed by atoms with Crippen LogP contribution in [-0.4, -0.2) is 14.6 Å². The molecule has 0 aliphatic rings. The average Bonchev–Trinajstić information content (AvgIpc) is 2.33. The van der Waals surface area contributed by atoms with Gasteiger partial charge >= 0.3 is 0 Å². The summed E-state index contributed by atoms with van der Waals surface area (Å²) in [6, 6.07) is 1.83. The number of nitrogens with zero attached hydrogens (tertiary/aromatic N) is 3. The summed E-state index contributed by atoms with van der Waals surface area (Å²) < 4.78 is 1.75. The molecule has 62 valence electrons. The molecule has 0 saturated carbocycles. The van der Waals surface area contributed by atoms with E-state index in [4.69, 9.17) is 11.6 Å². The van der Waals surface area contributed by atoms with Crippen LogP contribution in [0.5, 0.6) is 0 Å². The Balaban J connectivity index is 2.92. The molecule has 4 heteroatoms. The van der Waals surface area contributed by atoms with Crippen molar-refractivity contribution in [3.8, 4) is 0 Å². The molecule has 0 N–H and O–H groups in total. The Bertz CT molecular complexity index is 433. The molecule has 0 spiro atoms. The number of fused-ring (bicyclic) bond motifs is 1. The minimum Gasteiger partial charge on any atom is -0.239 e. The van der Waals surface area contributed by atoms with E-state index in [0.717, 1.165) is 16.9 Å². The largest absolute Gasteiger partial charge is 0.239 e. The smallest absolute Gasteiger partial charge is 0.150 e. The van der Waals surface area contributed by atoms with E-state index in [1.807, 2.05) is 19.9 Å². The third-order valence-corrected chi connectivity index (χ3v) is 2.03. The Labute approximate surface area is 75.0 Å². The summed E-state index contributed by atoms with van der Waals surface area (Å²) in [4.78, 5) is 4.14. The number of rotatable bonds is 0. The summed E-state index contributed by atoms with van der Waals surface area (Å²) in [5.74, 6) is 0.857. The molecule has 0 aliphatic carbocycles. The quantitative estimate of drug-likeness (QED) is 0.622. The third-order valence-electron chi connectivity index (χ3n) is 1.84. The first-order valence-electron chi connectivity index (χ1n) is 3.66. The summed E-state index contributed by atoms with van der Waals surface area (Å²) in [5, 5.41) is 4.62. The molecule has 0 aliphatic heterocycles. The van der Waals surface area contributed by atoms with Crippen LogP contribution in [0.4, 0.5) is 0 Å². The maximum atomic E-state index is 5.79. The van der Waals surface area contributed by atoms with E-state index in [0.29, 0.717) is 5.15 Å². The molecule has 0 radical (unpaired) electrons. The number of hydrogen-bond donors (Lipinski definition) is 0. The molecule has 2 heterocycles. The fourth-order valence-electron chi connectivity index (χ4n) is 1.21. The van der Waals surface area contributed by atoms with Crippen molar-refractivity contribution in [1.29, 1.82) is 0 Å². The van der Waals surface area contributed by atoms with Crippen molar-refractivity contribution < 1.29 is 0 Å². The van der Waals surface area contributed by atoms with Gasteiger partial charge < -0.3 is 0 Å². The van der Waals surface area contributed by atoms with E-state index in [9.17, 15) is 0 Å². The monoisotopic (exact) mass is 181 g/mol. The van der Waals surface area contributed by atoms with Gasteiger partial charge in [0.05, 0.1) is 11.7 Å². The van der Waals surface area contributed by atoms with Crippen LogP contribution in [0.3, 0.4) is 0 Å². The second-order valence-corrected chi connectivity index (χ2v) is 3.14. The van der Waals surface area contributed by atoms with Gasteiger partial charge in [0.1, 0.15) is 11.0 Å². The highest BCUT2D eigenvalue weighted by molar-refractivity contribution is 6.29. The van der Waals surface area contributed by atoms with Crippen molar-refractivity contribution in [1.82, 2.24) is 14.6 Å². The highest BCUT2D eigenvalue weighted by Gasteiger charge is 2.03. The van der Waals surface area contributed by atoms with E-state index in [2.05, 4.69) is 10.1 Å². The predicted octanol–water partition coefficient (Wildman–Crippen LogP) is 2.00. The Hall–Kier alpha value is -1.09. The first-order chi connectivity index (χ1) is 5.68. The molecular formula is C8H8ClN3. The minimum atomic E-state index is 0.501. The van der Waals surface area contributed by atoms with Gasteiger partial charge in [-0.15, -0.1) is 0 Å². The van der Waals surface area contributed by atoms with Crippen LogP contribution < -0.4 is 0 Å². The normalized spacial score (nSPS) is 10.9. The molecule has 0 unspecified atom stereocenters. The maximum Gasteiger partial charge on any atom is 0.150 e. The summed E-state index contributed by atoms with van der Waals surface area (Å²) >= 11 is 5.79. The van der Waals surface area contributed by atoms with Crippen LogP contribution >= 0.6 is 11.6 Å². The van der Waals surface area contributed by atoms with Gasteiger partial charge in [0, 0.05) is 0 Å². The van der Waals surface area contributed by atoms with Gasteiger partial charge in [-0.2, -0.15) is 5.10 Å². The first kappa shape index (κ1) is 7.55. The van der Waals surface area contributed by atoms with Crippen molar-refractivity contribution >= 4 is 17.1 Å². The van der Waals surface area contributed by atoms with Gasteiger partial charge in [-0.05, 0) is 25.5 Å². The zero-order valence-corrected chi connectivity index (χ0v) is 7.63. The molecule has 2 rings (SSSR count). The van der Waals surface area contributed by atoms with Gasteiger partial charge in [-0.25, -0.2) is 9.50 Å². The topological polar surface area (TPSA) is 30.2 Å². The maximum absolute atomic E-state index is 5.79. The van der Waals surface area contributed by atoms with Crippen LogP contribution in [0, 0.1) is 13.8 Å². The molecule has 0 aromatic carbocycles. The van der Waals surface area contributed by atoms with E-state index >= 15 is 0 Å². The lowest BCUT2D eigenvalue weighted by Crippen LogP contribution is -1.95. The van der Waals surface area contributed by atoms with Crippen LogP contribution in [-0.2, 0) is 0 Å². The summed E-state index contributed by atoms with van der Waals surface area (Å²) in [6.45, 7) is 3.89. The van der Waals surface area contributed by atoms with E-state index in [1.54, 1.807) is 10.7 Å². The first-order valence-corrected chi connectivity index (χ1v) is 4.04. The van der Waals surface area contributed by atoms with Crippen molar-refractivity contribution in [2.24, 2.45) is 0 Å². The van der Waals surface area contributed by atoms with Crippen LogP contribution in [0.25, 0.3) is 5.52 Å². The van der Waals surface area contributed by atoms with Crippen molar-refractivity contribution in [2.75, 3.05) is 0 Å². The highest BCUT2D eigenvalue weighted by Crippen LogP contribution is 2.14. The van der Waals surface area contributed by atoms with Gasteiger partial charge in [-0.1, -0.05) is 11.6 Å². The van der Waals surface area contributed by atoms with Crippen LogP contribution in [0.15, 0.2) is 12.3 Å². The lowest BCUT2D eigenvalue weighted by molar-refractivity contribution is 0.873. The summed E-state index contributed by atoms with van der Waals surface area (Å²) in [6.07, 6.45) is 1.80. The molecule has 0 atom stereocenters. The molecule has 0 bridgehead atoms. The molecule has 0 fully saturated rings. The molecule has 2 aromatic rings. The SMILES string of the molecule is Cc1cc(Cl)nn2c(C)ncc12. The van der Waals surface area contributed by atoms with Gasteiger partial charge in [-0.3, -0.25) is 0 Å². The fraction of sp³-hybridized carbons (Fsp3) is 0.250. The van der Waals surface area contributed by atoms with Crippen molar-refractivity contribution in [3.63, 3.8) is 0 Å². The zero-order chi connectivity index (χ0) is 8.72. The van der Waals surface area contributed by atoms with Gasteiger partial charge in [0.25, 0.3) is 0 Å². The Morgan fingerprint density at radius 2 is 2.17 bits per heavy atom. The van der Waals surface area contributed by atoms with E-state index in [1.165, 1.54) is 0 Å². The second-order valence-electron chi connectivity index (χ2n) is 2.75. The number of imidazole rings is 1. The van der Waals surface area contributed by atoms with Crippen LogP contribution in [0.2, 0.25) is 5.15 Å². The Morgan fingerprint density at radius 1 is 1.42 bits per heavy atom. The van der Waals surface area contributed by atoms with Crippen molar-refractivity contribution in [3.05, 3.63) is 28.8 Å². The highest BCUT2D eigenvalue weighted by atomic mass is 35.5. The van der Waals surface area contributed by atoms with E-state index in [-0.39, 0.29) is 0 Å².